The van der Waals surface area contributed by atoms with Crippen LogP contribution in [-0.2, 0) is 4.79 Å². The number of carbonyl (C=O) groups excluding carboxylic acids is 1. The molecule has 114 valence electrons. The van der Waals surface area contributed by atoms with Crippen molar-refractivity contribution in [2.45, 2.75) is 44.1 Å². The van der Waals surface area contributed by atoms with E-state index < -0.39 is 23.2 Å². The zero-order chi connectivity index (χ0) is 15.5. The monoisotopic (exact) mass is 314 g/mol. The van der Waals surface area contributed by atoms with Crippen molar-refractivity contribution < 1.29 is 19.1 Å². The van der Waals surface area contributed by atoms with E-state index in [0.717, 1.165) is 31.5 Å². The quantitative estimate of drug-likeness (QED) is 0.838. The lowest BCUT2D eigenvalue weighted by Gasteiger charge is -2.37. The van der Waals surface area contributed by atoms with Crippen molar-refractivity contribution in [2.75, 3.05) is 0 Å². The van der Waals surface area contributed by atoms with Crippen LogP contribution in [0.15, 0.2) is 12.3 Å². The Labute approximate surface area is 126 Å². The molecule has 7 heteroatoms. The van der Waals surface area contributed by atoms with Crippen LogP contribution in [-0.4, -0.2) is 27.5 Å². The van der Waals surface area contributed by atoms with Gasteiger partial charge in [0, 0.05) is 0 Å². The SMILES string of the molecule is O=C(O)CC1(NC(=O)c2cc(F)cnc2Cl)CCCCC1. The number of carbonyl (C=O) groups is 2. The summed E-state index contributed by atoms with van der Waals surface area (Å²) in [6.07, 6.45) is 4.66. The molecule has 2 N–H and O–H groups in total. The lowest BCUT2D eigenvalue weighted by molar-refractivity contribution is -0.139. The Morgan fingerprint density at radius 3 is 2.67 bits per heavy atom. The number of nitrogens with zero attached hydrogens (tertiary/aromatic N) is 1. The number of carboxylic acid groups (broad SMARTS) is 1. The van der Waals surface area contributed by atoms with Gasteiger partial charge in [0.2, 0.25) is 0 Å². The lowest BCUT2D eigenvalue weighted by Crippen LogP contribution is -2.51. The van der Waals surface area contributed by atoms with Crippen LogP contribution >= 0.6 is 11.6 Å². The van der Waals surface area contributed by atoms with Crippen LogP contribution in [0.4, 0.5) is 4.39 Å². The number of aromatic nitrogens is 1. The van der Waals surface area contributed by atoms with Gasteiger partial charge in [-0.25, -0.2) is 9.37 Å². The summed E-state index contributed by atoms with van der Waals surface area (Å²) in [4.78, 5) is 26.9. The van der Waals surface area contributed by atoms with Gasteiger partial charge in [-0.05, 0) is 18.9 Å². The van der Waals surface area contributed by atoms with Crippen molar-refractivity contribution in [3.8, 4) is 0 Å². The second-order valence-corrected chi connectivity index (χ2v) is 5.72. The standard InChI is InChI=1S/C14H16ClFN2O3/c15-12-10(6-9(16)8-17-12)13(21)18-14(7-11(19)20)4-2-1-3-5-14/h6,8H,1-5,7H2,(H,18,21)(H,19,20). The molecule has 0 spiro atoms. The van der Waals surface area contributed by atoms with Gasteiger partial charge in [0.25, 0.3) is 5.91 Å². The minimum atomic E-state index is -0.972. The predicted octanol–water partition coefficient (Wildman–Crippen LogP) is 2.78. The van der Waals surface area contributed by atoms with Crippen molar-refractivity contribution in [3.05, 3.63) is 28.8 Å². The van der Waals surface area contributed by atoms with E-state index in [1.807, 2.05) is 0 Å². The van der Waals surface area contributed by atoms with E-state index in [1.165, 1.54) is 0 Å². The predicted molar refractivity (Wildman–Crippen MR) is 74.7 cm³/mol. The summed E-state index contributed by atoms with van der Waals surface area (Å²) in [6, 6.07) is 1.00. The van der Waals surface area contributed by atoms with Gasteiger partial charge in [-0.1, -0.05) is 30.9 Å². The number of carboxylic acids is 1. The third-order valence-corrected chi connectivity index (χ3v) is 4.03. The van der Waals surface area contributed by atoms with Gasteiger partial charge < -0.3 is 10.4 Å². The van der Waals surface area contributed by atoms with Gasteiger partial charge in [-0.2, -0.15) is 0 Å². The number of hydrogen-bond acceptors (Lipinski definition) is 3. The Hall–Kier alpha value is -1.69. The first kappa shape index (κ1) is 15.7. The van der Waals surface area contributed by atoms with Crippen molar-refractivity contribution in [1.82, 2.24) is 10.3 Å². The number of hydrogen-bond donors (Lipinski definition) is 2. The summed E-state index contributed by atoms with van der Waals surface area (Å²) in [7, 11) is 0. The molecule has 1 aromatic rings. The number of halogens is 2. The Kier molecular flexibility index (Phi) is 4.77. The molecule has 1 amide bonds. The van der Waals surface area contributed by atoms with E-state index in [2.05, 4.69) is 10.3 Å². The van der Waals surface area contributed by atoms with Crippen molar-refractivity contribution in [2.24, 2.45) is 0 Å². The molecule has 0 saturated heterocycles. The summed E-state index contributed by atoms with van der Waals surface area (Å²) in [5.74, 6) is -2.23. The molecule has 0 aliphatic heterocycles. The molecule has 1 fully saturated rings. The molecule has 1 aliphatic carbocycles. The second-order valence-electron chi connectivity index (χ2n) is 5.36. The molecule has 2 rings (SSSR count). The van der Waals surface area contributed by atoms with Crippen LogP contribution in [0.3, 0.4) is 0 Å². The average Bonchev–Trinajstić information content (AvgIpc) is 2.41. The fourth-order valence-corrected chi connectivity index (χ4v) is 2.94. The molecule has 1 heterocycles. The van der Waals surface area contributed by atoms with Crippen LogP contribution in [0.25, 0.3) is 0 Å². The first-order valence-corrected chi connectivity index (χ1v) is 7.15. The van der Waals surface area contributed by atoms with E-state index in [9.17, 15) is 14.0 Å². The molecule has 5 nitrogen and oxygen atoms in total. The first-order valence-electron chi connectivity index (χ1n) is 6.77. The molecule has 0 radical (unpaired) electrons. The third kappa shape index (κ3) is 3.91. The van der Waals surface area contributed by atoms with E-state index in [1.54, 1.807) is 0 Å². The van der Waals surface area contributed by atoms with Crippen LogP contribution in [0.1, 0.15) is 48.9 Å². The highest BCUT2D eigenvalue weighted by molar-refractivity contribution is 6.32. The highest BCUT2D eigenvalue weighted by Crippen LogP contribution is 2.31. The number of amides is 1. The van der Waals surface area contributed by atoms with Crippen molar-refractivity contribution >= 4 is 23.5 Å². The molecule has 0 bridgehead atoms. The van der Waals surface area contributed by atoms with Gasteiger partial charge >= 0.3 is 5.97 Å². The molecular weight excluding hydrogens is 299 g/mol. The van der Waals surface area contributed by atoms with Crippen LogP contribution in [0.2, 0.25) is 5.15 Å². The van der Waals surface area contributed by atoms with E-state index in [4.69, 9.17) is 16.7 Å². The van der Waals surface area contributed by atoms with E-state index in [0.29, 0.717) is 12.8 Å². The molecule has 0 unspecified atom stereocenters. The number of rotatable bonds is 4. The number of aliphatic carboxylic acids is 1. The van der Waals surface area contributed by atoms with Gasteiger partial charge in [-0.3, -0.25) is 9.59 Å². The summed E-state index contributed by atoms with van der Waals surface area (Å²) in [5, 5.41) is 11.7. The summed E-state index contributed by atoms with van der Waals surface area (Å²) < 4.78 is 13.2. The molecule has 1 saturated carbocycles. The normalized spacial score (nSPS) is 17.2. The van der Waals surface area contributed by atoms with Crippen LogP contribution < -0.4 is 5.32 Å². The topological polar surface area (TPSA) is 79.3 Å². The van der Waals surface area contributed by atoms with Gasteiger partial charge in [0.15, 0.2) is 0 Å². The first-order chi connectivity index (χ1) is 9.92. The second kappa shape index (κ2) is 6.39. The maximum absolute atomic E-state index is 13.2. The van der Waals surface area contributed by atoms with E-state index in [-0.39, 0.29) is 17.1 Å². The summed E-state index contributed by atoms with van der Waals surface area (Å²) >= 11 is 5.80. The zero-order valence-electron chi connectivity index (χ0n) is 11.4. The molecule has 1 aromatic heterocycles. The van der Waals surface area contributed by atoms with Gasteiger partial charge in [0.1, 0.15) is 11.0 Å². The highest BCUT2D eigenvalue weighted by Gasteiger charge is 2.36. The summed E-state index contributed by atoms with van der Waals surface area (Å²) in [5.41, 5.74) is -0.872. The Bertz CT molecular complexity index is 559. The maximum Gasteiger partial charge on any atom is 0.305 e. The minimum Gasteiger partial charge on any atom is -0.481 e. The molecule has 1 aliphatic rings. The number of pyridine rings is 1. The molecule has 0 atom stereocenters. The maximum atomic E-state index is 13.2. The van der Waals surface area contributed by atoms with E-state index >= 15 is 0 Å². The highest BCUT2D eigenvalue weighted by atomic mass is 35.5. The largest absolute Gasteiger partial charge is 0.481 e. The summed E-state index contributed by atoms with van der Waals surface area (Å²) in [6.45, 7) is 0. The Morgan fingerprint density at radius 1 is 1.38 bits per heavy atom. The third-order valence-electron chi connectivity index (χ3n) is 3.73. The smallest absolute Gasteiger partial charge is 0.305 e. The van der Waals surface area contributed by atoms with Crippen LogP contribution in [0.5, 0.6) is 0 Å². The average molecular weight is 315 g/mol. The number of nitrogens with one attached hydrogen (secondary N) is 1. The minimum absolute atomic E-state index is 0.0768. The van der Waals surface area contributed by atoms with Gasteiger partial charge in [0.05, 0.1) is 23.7 Å². The van der Waals surface area contributed by atoms with Crippen molar-refractivity contribution in [3.63, 3.8) is 0 Å². The Morgan fingerprint density at radius 2 is 2.05 bits per heavy atom. The van der Waals surface area contributed by atoms with Crippen LogP contribution in [0, 0.1) is 5.82 Å². The fraction of sp³-hybridized carbons (Fsp3) is 0.500. The van der Waals surface area contributed by atoms with Crippen molar-refractivity contribution in [1.29, 1.82) is 0 Å². The molecule has 0 aromatic carbocycles. The zero-order valence-corrected chi connectivity index (χ0v) is 12.1. The molecular formula is C14H16ClFN2O3. The fourth-order valence-electron chi connectivity index (χ4n) is 2.75. The van der Waals surface area contributed by atoms with Gasteiger partial charge in [-0.15, -0.1) is 0 Å². The molecule has 21 heavy (non-hydrogen) atoms. The Balaban J connectivity index is 2.21. The lowest BCUT2D eigenvalue weighted by atomic mass is 9.79.